The van der Waals surface area contributed by atoms with Gasteiger partial charge in [-0.05, 0) is 0 Å². The highest BCUT2D eigenvalue weighted by molar-refractivity contribution is 5.74. The molecule has 0 saturated heterocycles. The van der Waals surface area contributed by atoms with Gasteiger partial charge in [-0.3, -0.25) is 0 Å². The summed E-state index contributed by atoms with van der Waals surface area (Å²) < 4.78 is 4.59. The summed E-state index contributed by atoms with van der Waals surface area (Å²) in [5, 5.41) is 1.87. The van der Waals surface area contributed by atoms with Crippen molar-refractivity contribution in [3.8, 4) is 0 Å². The standard InChI is InChI=1S/C7H15NO2/c1-5(2)6(8-3)7(9)10-4/h5-6,8H,1-4H3/p+1/t6-/m0/s1. The highest BCUT2D eigenvalue weighted by Crippen LogP contribution is 1.97. The van der Waals surface area contributed by atoms with E-state index in [1.54, 1.807) is 0 Å². The van der Waals surface area contributed by atoms with Crippen molar-refractivity contribution in [2.24, 2.45) is 5.92 Å². The lowest BCUT2D eigenvalue weighted by Gasteiger charge is -2.13. The Hall–Kier alpha value is -0.570. The number of carbonyl (C=O) groups excluding carboxylic acids is 1. The average Bonchev–Trinajstić information content (AvgIpc) is 1.88. The van der Waals surface area contributed by atoms with Crippen LogP contribution >= 0.6 is 0 Å². The summed E-state index contributed by atoms with van der Waals surface area (Å²) in [5.74, 6) is 0.190. The molecule has 60 valence electrons. The van der Waals surface area contributed by atoms with Crippen molar-refractivity contribution < 1.29 is 14.8 Å². The number of ether oxygens (including phenoxy) is 1. The molecule has 0 aliphatic carbocycles. The highest BCUT2D eigenvalue weighted by atomic mass is 16.5. The Morgan fingerprint density at radius 2 is 2.00 bits per heavy atom. The number of carbonyl (C=O) groups is 1. The maximum absolute atomic E-state index is 10.9. The second-order valence-electron chi connectivity index (χ2n) is 2.63. The molecule has 0 aliphatic rings. The molecular weight excluding hydrogens is 130 g/mol. The molecule has 0 aliphatic heterocycles. The zero-order chi connectivity index (χ0) is 8.15. The lowest BCUT2D eigenvalue weighted by atomic mass is 10.1. The number of rotatable bonds is 3. The minimum absolute atomic E-state index is 0.0509. The molecule has 0 aromatic rings. The summed E-state index contributed by atoms with van der Waals surface area (Å²) in [7, 11) is 3.29. The number of hydrogen-bond acceptors (Lipinski definition) is 2. The summed E-state index contributed by atoms with van der Waals surface area (Å²) in [6.45, 7) is 4.00. The summed E-state index contributed by atoms with van der Waals surface area (Å²) in [5.41, 5.74) is 0. The van der Waals surface area contributed by atoms with Crippen LogP contribution in [0.15, 0.2) is 0 Å². The summed E-state index contributed by atoms with van der Waals surface area (Å²) in [6, 6.07) is -0.0509. The van der Waals surface area contributed by atoms with Crippen molar-refractivity contribution in [3.63, 3.8) is 0 Å². The first-order valence-corrected chi connectivity index (χ1v) is 3.50. The van der Waals surface area contributed by atoms with Crippen molar-refractivity contribution in [1.29, 1.82) is 0 Å². The molecular formula is C7H16NO2+. The Kier molecular flexibility index (Phi) is 4.03. The molecule has 0 aromatic carbocycles. The SMILES string of the molecule is C[NH2+][C@H](C(=O)OC)C(C)C. The molecule has 2 N–H and O–H groups in total. The molecule has 0 fully saturated rings. The molecule has 0 aromatic heterocycles. The Morgan fingerprint density at radius 3 is 2.10 bits per heavy atom. The molecule has 3 nitrogen and oxygen atoms in total. The Morgan fingerprint density at radius 1 is 1.50 bits per heavy atom. The van der Waals surface area contributed by atoms with E-state index < -0.39 is 0 Å². The number of esters is 1. The van der Waals surface area contributed by atoms with E-state index in [1.165, 1.54) is 7.11 Å². The third-order valence-electron chi connectivity index (χ3n) is 1.55. The second kappa shape index (κ2) is 4.28. The fourth-order valence-corrected chi connectivity index (χ4v) is 0.929. The quantitative estimate of drug-likeness (QED) is 0.539. The molecule has 0 bridgehead atoms. The van der Waals surface area contributed by atoms with Crippen LogP contribution in [0, 0.1) is 5.92 Å². The van der Waals surface area contributed by atoms with Gasteiger partial charge >= 0.3 is 5.97 Å². The molecule has 10 heavy (non-hydrogen) atoms. The van der Waals surface area contributed by atoms with E-state index in [1.807, 2.05) is 26.2 Å². The van der Waals surface area contributed by atoms with E-state index in [4.69, 9.17) is 0 Å². The first-order valence-electron chi connectivity index (χ1n) is 3.50. The second-order valence-corrected chi connectivity index (χ2v) is 2.63. The number of hydrogen-bond donors (Lipinski definition) is 1. The number of nitrogens with two attached hydrogens (primary N) is 1. The number of likely N-dealkylation sites (N-methyl/N-ethyl adjacent to an activating group) is 1. The van der Waals surface area contributed by atoms with Crippen LogP contribution in [0.1, 0.15) is 13.8 Å². The molecule has 3 heteroatoms. The summed E-state index contributed by atoms with van der Waals surface area (Å²) in [4.78, 5) is 10.9. The van der Waals surface area contributed by atoms with Crippen LogP contribution in [0.3, 0.4) is 0 Å². The lowest BCUT2D eigenvalue weighted by Crippen LogP contribution is -2.89. The number of methoxy groups -OCH3 is 1. The topological polar surface area (TPSA) is 42.9 Å². The van der Waals surface area contributed by atoms with Gasteiger partial charge in [-0.15, -0.1) is 0 Å². The monoisotopic (exact) mass is 146 g/mol. The van der Waals surface area contributed by atoms with Crippen LogP contribution in [-0.4, -0.2) is 26.2 Å². The normalized spacial score (nSPS) is 13.3. The first kappa shape index (κ1) is 9.43. The third kappa shape index (κ3) is 2.35. The van der Waals surface area contributed by atoms with E-state index in [2.05, 4.69) is 4.74 Å². The highest BCUT2D eigenvalue weighted by Gasteiger charge is 2.23. The van der Waals surface area contributed by atoms with Crippen LogP contribution in [-0.2, 0) is 9.53 Å². The largest absolute Gasteiger partial charge is 0.465 e. The van der Waals surface area contributed by atoms with Gasteiger partial charge in [0.05, 0.1) is 14.2 Å². The predicted molar refractivity (Wildman–Crippen MR) is 38.5 cm³/mol. The third-order valence-corrected chi connectivity index (χ3v) is 1.55. The number of quaternary nitrogens is 1. The molecule has 0 unspecified atom stereocenters. The summed E-state index contributed by atoms with van der Waals surface area (Å²) >= 11 is 0. The van der Waals surface area contributed by atoms with Crippen LogP contribution < -0.4 is 5.32 Å². The van der Waals surface area contributed by atoms with Crippen LogP contribution in [0.5, 0.6) is 0 Å². The first-order chi connectivity index (χ1) is 4.63. The molecule has 0 spiro atoms. The van der Waals surface area contributed by atoms with Gasteiger partial charge in [0.1, 0.15) is 0 Å². The minimum atomic E-state index is -0.141. The van der Waals surface area contributed by atoms with Crippen molar-refractivity contribution >= 4 is 5.97 Å². The zero-order valence-corrected chi connectivity index (χ0v) is 7.05. The van der Waals surface area contributed by atoms with Crippen molar-refractivity contribution in [3.05, 3.63) is 0 Å². The zero-order valence-electron chi connectivity index (χ0n) is 7.05. The molecule has 0 radical (unpaired) electrons. The van der Waals surface area contributed by atoms with Crippen molar-refractivity contribution in [2.75, 3.05) is 14.2 Å². The lowest BCUT2D eigenvalue weighted by molar-refractivity contribution is -0.657. The molecule has 0 heterocycles. The Labute approximate surface area is 61.8 Å². The van der Waals surface area contributed by atoms with Gasteiger partial charge in [0.2, 0.25) is 0 Å². The van der Waals surface area contributed by atoms with Crippen molar-refractivity contribution in [1.82, 2.24) is 0 Å². The van der Waals surface area contributed by atoms with Crippen LogP contribution in [0.2, 0.25) is 0 Å². The van der Waals surface area contributed by atoms with Gasteiger partial charge in [0.15, 0.2) is 6.04 Å². The fraction of sp³-hybridized carbons (Fsp3) is 0.857. The Bertz CT molecular complexity index is 112. The smallest absolute Gasteiger partial charge is 0.364 e. The Balaban J connectivity index is 3.93. The molecule has 1 atom stereocenters. The van der Waals surface area contributed by atoms with Gasteiger partial charge in [-0.1, -0.05) is 13.8 Å². The van der Waals surface area contributed by atoms with Gasteiger partial charge in [0, 0.05) is 5.92 Å². The van der Waals surface area contributed by atoms with Gasteiger partial charge in [-0.2, -0.15) is 0 Å². The van der Waals surface area contributed by atoms with E-state index in [9.17, 15) is 4.79 Å². The van der Waals surface area contributed by atoms with Crippen LogP contribution in [0.4, 0.5) is 0 Å². The van der Waals surface area contributed by atoms with Gasteiger partial charge in [-0.25, -0.2) is 4.79 Å². The van der Waals surface area contributed by atoms with E-state index >= 15 is 0 Å². The minimum Gasteiger partial charge on any atom is -0.465 e. The van der Waals surface area contributed by atoms with Crippen molar-refractivity contribution in [2.45, 2.75) is 19.9 Å². The fourth-order valence-electron chi connectivity index (χ4n) is 0.929. The maximum atomic E-state index is 10.9. The molecule has 0 saturated carbocycles. The van der Waals surface area contributed by atoms with E-state index in [-0.39, 0.29) is 12.0 Å². The van der Waals surface area contributed by atoms with Gasteiger partial charge < -0.3 is 10.1 Å². The molecule has 0 rings (SSSR count). The maximum Gasteiger partial charge on any atom is 0.364 e. The predicted octanol–water partition coefficient (Wildman–Crippen LogP) is -0.623. The summed E-state index contributed by atoms with van der Waals surface area (Å²) in [6.07, 6.45) is 0. The van der Waals surface area contributed by atoms with E-state index in [0.717, 1.165) is 0 Å². The average molecular weight is 146 g/mol. The van der Waals surface area contributed by atoms with Crippen LogP contribution in [0.25, 0.3) is 0 Å². The van der Waals surface area contributed by atoms with Gasteiger partial charge in [0.25, 0.3) is 0 Å². The molecule has 0 amide bonds. The van der Waals surface area contributed by atoms with E-state index in [0.29, 0.717) is 5.92 Å².